The molecule has 188 valence electrons. The molecule has 0 amide bonds. The van der Waals surface area contributed by atoms with E-state index >= 15 is 0 Å². The summed E-state index contributed by atoms with van der Waals surface area (Å²) < 4.78 is 27.4. The van der Waals surface area contributed by atoms with Crippen molar-refractivity contribution in [3.05, 3.63) is 46.1 Å². The molecule has 0 aliphatic carbocycles. The molecule has 3 aromatic rings. The Morgan fingerprint density at radius 1 is 0.886 bits per heavy atom. The molecule has 1 saturated heterocycles. The molecule has 0 radical (unpaired) electrons. The maximum Gasteiger partial charge on any atom is 0.197 e. The molecule has 0 bridgehead atoms. The molecule has 2 unspecified atom stereocenters. The smallest absolute Gasteiger partial charge is 0.197 e. The summed E-state index contributed by atoms with van der Waals surface area (Å²) >= 11 is 0. The summed E-state index contributed by atoms with van der Waals surface area (Å²) in [6, 6.07) is 7.48. The first-order valence-corrected chi connectivity index (χ1v) is 10.7. The molecule has 35 heavy (non-hydrogen) atoms. The van der Waals surface area contributed by atoms with Crippen LogP contribution in [0, 0.1) is 0 Å². The number of aromatic hydroxyl groups is 1. The summed E-state index contributed by atoms with van der Waals surface area (Å²) in [6.07, 6.45) is -7.61. The first kappa shape index (κ1) is 24.8. The maximum absolute atomic E-state index is 13.1. The normalized spacial score (nSPS) is 24.4. The van der Waals surface area contributed by atoms with Crippen LogP contribution in [0.3, 0.4) is 0 Å². The zero-order valence-electron chi connectivity index (χ0n) is 19.2. The maximum atomic E-state index is 13.1. The lowest BCUT2D eigenvalue weighted by Gasteiger charge is -2.40. The van der Waals surface area contributed by atoms with E-state index in [0.717, 1.165) is 0 Å². The summed E-state index contributed by atoms with van der Waals surface area (Å²) in [4.78, 5) is 13.1. The summed E-state index contributed by atoms with van der Waals surface area (Å²) in [5, 5.41) is 51.1. The van der Waals surface area contributed by atoms with E-state index in [9.17, 15) is 30.3 Å². The van der Waals surface area contributed by atoms with Gasteiger partial charge in [-0.3, -0.25) is 4.79 Å². The van der Waals surface area contributed by atoms with Gasteiger partial charge in [0.2, 0.25) is 0 Å². The van der Waals surface area contributed by atoms with E-state index in [1.54, 1.807) is 18.2 Å². The predicted octanol–water partition coefficient (Wildman–Crippen LogP) is 0.706. The Hall–Kier alpha value is -3.35. The lowest BCUT2D eigenvalue weighted by molar-refractivity contribution is -0.232. The number of phenolic OH excluding ortho intramolecular Hbond substituents is 1. The molecule has 2 heterocycles. The van der Waals surface area contributed by atoms with Crippen LogP contribution in [-0.2, 0) is 4.74 Å². The van der Waals surface area contributed by atoms with Gasteiger partial charge in [-0.05, 0) is 18.2 Å². The SMILES string of the molecule is COc1ccc(-c2cc(=O)c3c(O)c([C@@H]4OC(CO)[C@@H](O)[C@H](O)C4O)c(OC)cc3o2)cc1OC. The second-order valence-corrected chi connectivity index (χ2v) is 8.01. The van der Waals surface area contributed by atoms with E-state index in [1.807, 2.05) is 0 Å². The molecule has 11 nitrogen and oxygen atoms in total. The number of hydrogen-bond acceptors (Lipinski definition) is 11. The van der Waals surface area contributed by atoms with Gasteiger partial charge in [-0.15, -0.1) is 0 Å². The van der Waals surface area contributed by atoms with Crippen molar-refractivity contribution in [1.82, 2.24) is 0 Å². The van der Waals surface area contributed by atoms with E-state index < -0.39 is 48.3 Å². The van der Waals surface area contributed by atoms with Crippen LogP contribution < -0.4 is 19.6 Å². The van der Waals surface area contributed by atoms with Crippen molar-refractivity contribution in [2.75, 3.05) is 27.9 Å². The summed E-state index contributed by atoms with van der Waals surface area (Å²) in [6.45, 7) is -0.658. The van der Waals surface area contributed by atoms with Crippen LogP contribution >= 0.6 is 0 Å². The fourth-order valence-electron chi connectivity index (χ4n) is 4.21. The third kappa shape index (κ3) is 4.17. The molecular weight excluding hydrogens is 464 g/mol. The second kappa shape index (κ2) is 9.72. The van der Waals surface area contributed by atoms with Crippen molar-refractivity contribution >= 4 is 11.0 Å². The monoisotopic (exact) mass is 490 g/mol. The molecule has 11 heteroatoms. The Kier molecular flexibility index (Phi) is 6.88. The highest BCUT2D eigenvalue weighted by atomic mass is 16.5. The van der Waals surface area contributed by atoms with Crippen molar-refractivity contribution in [2.45, 2.75) is 30.5 Å². The number of benzene rings is 2. The standard InChI is InChI=1S/C24H26O11/c1-31-12-5-4-10(6-14(12)32-2)13-7-11(26)18-16(34-13)8-15(33-3)19(21(18)28)24-23(30)22(29)20(27)17(9-25)35-24/h4-8,17,20,22-25,27-30H,9H2,1-3H3/t17?,20-,22+,23?,24+/m1/s1. The highest BCUT2D eigenvalue weighted by Crippen LogP contribution is 2.45. The Labute approximate surface area is 199 Å². The fourth-order valence-corrected chi connectivity index (χ4v) is 4.21. The summed E-state index contributed by atoms with van der Waals surface area (Å²) in [5.74, 6) is 0.503. The van der Waals surface area contributed by atoms with Crippen LogP contribution in [0.4, 0.5) is 0 Å². The molecule has 1 aromatic heterocycles. The Bertz CT molecular complexity index is 1280. The number of ether oxygens (including phenoxy) is 4. The largest absolute Gasteiger partial charge is 0.506 e. The first-order chi connectivity index (χ1) is 16.7. The number of methoxy groups -OCH3 is 3. The van der Waals surface area contributed by atoms with Gasteiger partial charge < -0.3 is 48.9 Å². The minimum Gasteiger partial charge on any atom is -0.506 e. The van der Waals surface area contributed by atoms with Gasteiger partial charge in [-0.1, -0.05) is 0 Å². The van der Waals surface area contributed by atoms with Gasteiger partial charge in [-0.2, -0.15) is 0 Å². The average molecular weight is 490 g/mol. The molecule has 0 spiro atoms. The lowest BCUT2D eigenvalue weighted by Crippen LogP contribution is -2.55. The lowest BCUT2D eigenvalue weighted by atomic mass is 9.89. The number of rotatable bonds is 6. The number of aliphatic hydroxyl groups excluding tert-OH is 4. The van der Waals surface area contributed by atoms with Crippen molar-refractivity contribution in [3.63, 3.8) is 0 Å². The highest BCUT2D eigenvalue weighted by molar-refractivity contribution is 5.88. The van der Waals surface area contributed by atoms with Crippen LogP contribution in [0.2, 0.25) is 0 Å². The van der Waals surface area contributed by atoms with Crippen LogP contribution in [0.1, 0.15) is 11.7 Å². The van der Waals surface area contributed by atoms with Crippen LogP contribution in [0.5, 0.6) is 23.0 Å². The minimum absolute atomic E-state index is 0.00746. The number of phenols is 1. The molecule has 1 aliphatic heterocycles. The molecule has 1 fully saturated rings. The van der Waals surface area contributed by atoms with E-state index in [-0.39, 0.29) is 28.0 Å². The van der Waals surface area contributed by atoms with E-state index in [0.29, 0.717) is 17.1 Å². The zero-order chi connectivity index (χ0) is 25.4. The van der Waals surface area contributed by atoms with Gasteiger partial charge in [0.1, 0.15) is 58.7 Å². The van der Waals surface area contributed by atoms with Crippen LogP contribution in [-0.4, -0.2) is 77.9 Å². The number of fused-ring (bicyclic) bond motifs is 1. The Morgan fingerprint density at radius 3 is 2.20 bits per heavy atom. The summed E-state index contributed by atoms with van der Waals surface area (Å²) in [7, 11) is 4.27. The molecular formula is C24H26O11. The molecule has 5 atom stereocenters. The predicted molar refractivity (Wildman–Crippen MR) is 122 cm³/mol. The quantitative estimate of drug-likeness (QED) is 0.330. The van der Waals surface area contributed by atoms with Gasteiger partial charge in [0, 0.05) is 17.7 Å². The number of hydrogen-bond donors (Lipinski definition) is 5. The van der Waals surface area contributed by atoms with Crippen LogP contribution in [0.15, 0.2) is 39.5 Å². The first-order valence-electron chi connectivity index (χ1n) is 10.7. The van der Waals surface area contributed by atoms with E-state index in [2.05, 4.69) is 0 Å². The van der Waals surface area contributed by atoms with Gasteiger partial charge >= 0.3 is 0 Å². The van der Waals surface area contributed by atoms with Crippen molar-refractivity contribution < 1.29 is 48.9 Å². The Morgan fingerprint density at radius 2 is 1.57 bits per heavy atom. The van der Waals surface area contributed by atoms with Gasteiger partial charge in [0.25, 0.3) is 0 Å². The van der Waals surface area contributed by atoms with Gasteiger partial charge in [0.15, 0.2) is 16.9 Å². The van der Waals surface area contributed by atoms with E-state index in [4.69, 9.17) is 23.4 Å². The topological polar surface area (TPSA) is 168 Å². The summed E-state index contributed by atoms with van der Waals surface area (Å²) in [5.41, 5.74) is -0.229. The molecule has 4 rings (SSSR count). The van der Waals surface area contributed by atoms with Gasteiger partial charge in [-0.25, -0.2) is 0 Å². The molecule has 2 aromatic carbocycles. The van der Waals surface area contributed by atoms with E-state index in [1.165, 1.54) is 33.5 Å². The van der Waals surface area contributed by atoms with Crippen molar-refractivity contribution in [3.8, 4) is 34.3 Å². The van der Waals surface area contributed by atoms with Gasteiger partial charge in [0.05, 0.1) is 33.5 Å². The Balaban J connectivity index is 1.87. The molecule has 1 aliphatic rings. The second-order valence-electron chi connectivity index (χ2n) is 8.01. The highest BCUT2D eigenvalue weighted by Gasteiger charge is 2.46. The van der Waals surface area contributed by atoms with Crippen LogP contribution in [0.25, 0.3) is 22.3 Å². The van der Waals surface area contributed by atoms with Crippen molar-refractivity contribution in [1.29, 1.82) is 0 Å². The third-order valence-corrected chi connectivity index (χ3v) is 6.06. The zero-order valence-corrected chi connectivity index (χ0v) is 19.2. The van der Waals surface area contributed by atoms with Crippen molar-refractivity contribution in [2.24, 2.45) is 0 Å². The third-order valence-electron chi connectivity index (χ3n) is 6.06. The fraction of sp³-hybridized carbons (Fsp3) is 0.375. The number of aliphatic hydroxyl groups is 4. The minimum atomic E-state index is -1.69. The molecule has 5 N–H and O–H groups in total. The average Bonchev–Trinajstić information content (AvgIpc) is 2.87. The molecule has 0 saturated carbocycles.